The number of rotatable bonds is 4. The summed E-state index contributed by atoms with van der Waals surface area (Å²) in [7, 11) is 0. The lowest BCUT2D eigenvalue weighted by Crippen LogP contribution is -2.30. The minimum absolute atomic E-state index is 0.195. The first-order chi connectivity index (χ1) is 12.5. The van der Waals surface area contributed by atoms with Crippen LogP contribution in [0.2, 0.25) is 0 Å². The number of carbonyl (C=O) groups is 2. The maximum absolute atomic E-state index is 13.5. The van der Waals surface area contributed by atoms with E-state index in [1.54, 1.807) is 0 Å². The van der Waals surface area contributed by atoms with Crippen molar-refractivity contribution in [1.29, 1.82) is 0 Å². The van der Waals surface area contributed by atoms with Gasteiger partial charge < -0.3 is 9.88 Å². The molecule has 2 heterocycles. The molecule has 1 N–H and O–H groups in total. The molecule has 132 valence electrons. The average Bonchev–Trinajstić information content (AvgIpc) is 3.07. The Balaban J connectivity index is 1.69. The van der Waals surface area contributed by atoms with Crippen LogP contribution in [-0.4, -0.2) is 21.0 Å². The van der Waals surface area contributed by atoms with Gasteiger partial charge in [0.25, 0.3) is 5.24 Å². The van der Waals surface area contributed by atoms with Gasteiger partial charge in [-0.3, -0.25) is 9.59 Å². The number of fused-ring (bicyclic) bond motifs is 1. The van der Waals surface area contributed by atoms with Crippen molar-refractivity contribution >= 4 is 33.0 Å². The molecule has 0 radical (unpaired) electrons. The lowest BCUT2D eigenvalue weighted by Gasteiger charge is -2.06. The van der Waals surface area contributed by atoms with Crippen molar-refractivity contribution in [1.82, 2.24) is 9.88 Å². The highest BCUT2D eigenvalue weighted by Gasteiger charge is 2.32. The summed E-state index contributed by atoms with van der Waals surface area (Å²) in [6.45, 7) is 0.301. The molecule has 0 spiro atoms. The first-order valence-corrected chi connectivity index (χ1v) is 8.85. The molecule has 4 rings (SSSR count). The Hall–Kier alpha value is -2.67. The topological polar surface area (TPSA) is 51.1 Å². The van der Waals surface area contributed by atoms with Crippen LogP contribution >= 0.6 is 11.8 Å². The zero-order chi connectivity index (χ0) is 18.3. The second-order valence-corrected chi connectivity index (χ2v) is 7.16. The average molecular weight is 372 g/mol. The highest BCUT2D eigenvalue weighted by molar-refractivity contribution is 8.26. The van der Waals surface area contributed by atoms with E-state index in [0.29, 0.717) is 30.3 Å². The highest BCUT2D eigenvalue weighted by Crippen LogP contribution is 2.26. The number of amides is 1. The largest absolute Gasteiger partial charge is 0.343 e. The summed E-state index contributed by atoms with van der Waals surface area (Å²) < 4.78 is 28.8. The van der Waals surface area contributed by atoms with E-state index in [-0.39, 0.29) is 10.4 Å². The van der Waals surface area contributed by atoms with Gasteiger partial charge in [0.2, 0.25) is 5.12 Å². The molecular weight excluding hydrogens is 358 g/mol. The van der Waals surface area contributed by atoms with E-state index >= 15 is 0 Å². The fraction of sp³-hybridized carbons (Fsp3) is 0.158. The fourth-order valence-corrected chi connectivity index (χ4v) is 3.93. The maximum Gasteiger partial charge on any atom is 0.287 e. The number of halogens is 2. The van der Waals surface area contributed by atoms with Crippen LogP contribution in [0, 0.1) is 11.6 Å². The Morgan fingerprint density at radius 2 is 1.81 bits per heavy atom. The number of nitrogens with one attached hydrogen (secondary N) is 1. The summed E-state index contributed by atoms with van der Waals surface area (Å²) in [6.07, 6.45) is 2.25. The molecule has 3 aromatic rings. The predicted molar refractivity (Wildman–Crippen MR) is 96.0 cm³/mol. The quantitative estimate of drug-likeness (QED) is 0.757. The number of nitrogens with zero attached hydrogens (tertiary/aromatic N) is 1. The summed E-state index contributed by atoms with van der Waals surface area (Å²) in [5.41, 5.74) is 2.31. The summed E-state index contributed by atoms with van der Waals surface area (Å²) in [4.78, 5) is 23.3. The fourth-order valence-electron chi connectivity index (χ4n) is 3.26. The third-order valence-corrected chi connectivity index (χ3v) is 5.13. The zero-order valence-electron chi connectivity index (χ0n) is 13.5. The minimum atomic E-state index is -0.618. The van der Waals surface area contributed by atoms with Crippen molar-refractivity contribution in [2.45, 2.75) is 19.0 Å². The van der Waals surface area contributed by atoms with Crippen LogP contribution in [0.1, 0.15) is 11.1 Å². The van der Waals surface area contributed by atoms with Gasteiger partial charge in [0.15, 0.2) is 0 Å². The Labute approximate surface area is 152 Å². The lowest BCUT2D eigenvalue weighted by molar-refractivity contribution is -0.112. The Bertz CT molecular complexity index is 1010. The van der Waals surface area contributed by atoms with Crippen molar-refractivity contribution in [3.8, 4) is 0 Å². The molecule has 0 saturated carbocycles. The molecule has 1 saturated heterocycles. The van der Waals surface area contributed by atoms with Gasteiger partial charge in [-0.1, -0.05) is 18.2 Å². The van der Waals surface area contributed by atoms with E-state index in [4.69, 9.17) is 0 Å². The molecule has 1 amide bonds. The van der Waals surface area contributed by atoms with Gasteiger partial charge >= 0.3 is 0 Å². The summed E-state index contributed by atoms with van der Waals surface area (Å²) in [6, 6.07) is 10.5. The molecule has 1 aromatic heterocycles. The van der Waals surface area contributed by atoms with E-state index in [2.05, 4.69) is 5.32 Å². The predicted octanol–water partition coefficient (Wildman–Crippen LogP) is 3.86. The van der Waals surface area contributed by atoms with Gasteiger partial charge in [0, 0.05) is 47.9 Å². The van der Waals surface area contributed by atoms with Gasteiger partial charge in [0.05, 0.1) is 0 Å². The van der Waals surface area contributed by atoms with E-state index in [1.165, 1.54) is 12.1 Å². The van der Waals surface area contributed by atoms with E-state index < -0.39 is 17.7 Å². The Kier molecular flexibility index (Phi) is 4.24. The van der Waals surface area contributed by atoms with E-state index in [1.807, 2.05) is 35.0 Å². The van der Waals surface area contributed by atoms with Crippen LogP contribution < -0.4 is 5.32 Å². The van der Waals surface area contributed by atoms with Crippen LogP contribution in [0.5, 0.6) is 0 Å². The molecule has 0 bridgehead atoms. The molecule has 1 unspecified atom stereocenters. The zero-order valence-corrected chi connectivity index (χ0v) is 14.4. The second kappa shape index (κ2) is 6.57. The first-order valence-electron chi connectivity index (χ1n) is 8.03. The summed E-state index contributed by atoms with van der Waals surface area (Å²) >= 11 is 0.687. The number of thioether (sulfide) groups is 1. The van der Waals surface area contributed by atoms with Crippen LogP contribution in [0.3, 0.4) is 0 Å². The molecule has 26 heavy (non-hydrogen) atoms. The highest BCUT2D eigenvalue weighted by atomic mass is 32.2. The summed E-state index contributed by atoms with van der Waals surface area (Å²) in [5.74, 6) is -1.24. The number of carbonyl (C=O) groups excluding carboxylic acids is 2. The molecule has 1 fully saturated rings. The van der Waals surface area contributed by atoms with Crippen LogP contribution in [0.4, 0.5) is 13.6 Å². The monoisotopic (exact) mass is 372 g/mol. The first kappa shape index (κ1) is 16.8. The van der Waals surface area contributed by atoms with Gasteiger partial charge in [-0.05, 0) is 29.3 Å². The van der Waals surface area contributed by atoms with Crippen LogP contribution in [0.15, 0.2) is 48.7 Å². The standard InChI is InChI=1S/C19H14F2N2O2S/c20-13-5-11(6-14(21)8-13)9-23-10-12(15-3-1-2-4-17(15)23)7-16-18(24)26-19(25)22-16/h1-6,8,10,16H,7,9H2,(H,22,25). The molecule has 4 nitrogen and oxygen atoms in total. The van der Waals surface area contributed by atoms with E-state index in [0.717, 1.165) is 22.5 Å². The van der Waals surface area contributed by atoms with Crippen molar-refractivity contribution in [3.63, 3.8) is 0 Å². The molecule has 2 aromatic carbocycles. The second-order valence-electron chi connectivity index (χ2n) is 6.19. The number of hydrogen-bond acceptors (Lipinski definition) is 3. The third-order valence-electron chi connectivity index (χ3n) is 4.34. The third kappa shape index (κ3) is 3.22. The number of benzene rings is 2. The molecule has 1 aliphatic heterocycles. The minimum Gasteiger partial charge on any atom is -0.343 e. The SMILES string of the molecule is O=C1NC(Cc2cn(Cc3cc(F)cc(F)c3)c3ccccc23)C(=O)S1. The molecule has 0 aliphatic carbocycles. The van der Waals surface area contributed by atoms with Crippen molar-refractivity contribution < 1.29 is 18.4 Å². The van der Waals surface area contributed by atoms with Crippen LogP contribution in [-0.2, 0) is 17.8 Å². The Morgan fingerprint density at radius 3 is 2.50 bits per heavy atom. The number of hydrogen-bond donors (Lipinski definition) is 1. The van der Waals surface area contributed by atoms with Crippen LogP contribution in [0.25, 0.3) is 10.9 Å². The number of para-hydroxylation sites is 1. The Morgan fingerprint density at radius 1 is 1.08 bits per heavy atom. The molecule has 1 aliphatic rings. The van der Waals surface area contributed by atoms with Gasteiger partial charge in [0.1, 0.15) is 17.7 Å². The van der Waals surface area contributed by atoms with Crippen molar-refractivity contribution in [2.24, 2.45) is 0 Å². The van der Waals surface area contributed by atoms with Gasteiger partial charge in [-0.2, -0.15) is 0 Å². The molecule has 1 atom stereocenters. The normalized spacial score (nSPS) is 17.1. The van der Waals surface area contributed by atoms with Gasteiger partial charge in [-0.15, -0.1) is 0 Å². The molecule has 7 heteroatoms. The van der Waals surface area contributed by atoms with Crippen molar-refractivity contribution in [3.05, 3.63) is 71.4 Å². The van der Waals surface area contributed by atoms with Crippen molar-refractivity contribution in [2.75, 3.05) is 0 Å². The number of aromatic nitrogens is 1. The van der Waals surface area contributed by atoms with E-state index in [9.17, 15) is 18.4 Å². The lowest BCUT2D eigenvalue weighted by atomic mass is 10.1. The van der Waals surface area contributed by atoms with Gasteiger partial charge in [-0.25, -0.2) is 8.78 Å². The summed E-state index contributed by atoms with van der Waals surface area (Å²) in [5, 5.41) is 3.07. The smallest absolute Gasteiger partial charge is 0.287 e. The molecular formula is C19H14F2N2O2S. The maximum atomic E-state index is 13.5.